The number of hydrogen-bond acceptors (Lipinski definition) is 5. The van der Waals surface area contributed by atoms with Gasteiger partial charge in [0.25, 0.3) is 0 Å². The fourth-order valence-corrected chi connectivity index (χ4v) is 4.34. The fourth-order valence-electron chi connectivity index (χ4n) is 2.90. The molecule has 7 heteroatoms. The third kappa shape index (κ3) is 2.75. The van der Waals surface area contributed by atoms with Crippen molar-refractivity contribution in [1.29, 1.82) is 0 Å². The Kier molecular flexibility index (Phi) is 3.91. The lowest BCUT2D eigenvalue weighted by Crippen LogP contribution is -2.42. The molecule has 0 unspecified atom stereocenters. The molecular weight excluding hydrogens is 330 g/mol. The van der Waals surface area contributed by atoms with Crippen LogP contribution in [0.15, 0.2) is 53.4 Å². The van der Waals surface area contributed by atoms with Gasteiger partial charge < -0.3 is 14.2 Å². The molecule has 2 aromatic rings. The van der Waals surface area contributed by atoms with Gasteiger partial charge in [-0.3, -0.25) is 0 Å². The van der Waals surface area contributed by atoms with E-state index in [1.165, 1.54) is 10.4 Å². The van der Waals surface area contributed by atoms with Crippen molar-refractivity contribution in [2.24, 2.45) is 0 Å². The first-order valence-corrected chi connectivity index (χ1v) is 9.15. The maximum Gasteiger partial charge on any atom is 0.243 e. The summed E-state index contributed by atoms with van der Waals surface area (Å²) in [6, 6.07) is 14.4. The molecule has 6 nitrogen and oxygen atoms in total. The zero-order chi connectivity index (χ0) is 16.6. The minimum atomic E-state index is -3.61. The lowest BCUT2D eigenvalue weighted by molar-refractivity contribution is -0.00255. The van der Waals surface area contributed by atoms with Gasteiger partial charge in [-0.25, -0.2) is 8.42 Å². The van der Waals surface area contributed by atoms with E-state index in [0.29, 0.717) is 31.2 Å². The Morgan fingerprint density at radius 3 is 2.62 bits per heavy atom. The van der Waals surface area contributed by atoms with Crippen molar-refractivity contribution < 1.29 is 22.6 Å². The maximum atomic E-state index is 12.9. The highest BCUT2D eigenvalue weighted by Crippen LogP contribution is 2.35. The largest absolute Gasteiger partial charge is 0.454 e. The predicted octanol–water partition coefficient (Wildman–Crippen LogP) is 2.18. The molecule has 0 aromatic heterocycles. The molecule has 2 aliphatic heterocycles. The number of sulfonamides is 1. The second-order valence-electron chi connectivity index (χ2n) is 5.65. The molecular formula is C17H17NO5S. The van der Waals surface area contributed by atoms with Crippen LogP contribution in [0.3, 0.4) is 0 Å². The third-order valence-corrected chi connectivity index (χ3v) is 6.04. The number of ether oxygens (including phenoxy) is 3. The molecule has 0 N–H and O–H groups in total. The maximum absolute atomic E-state index is 12.9. The Bertz CT molecular complexity index is 837. The number of nitrogens with zero attached hydrogens (tertiary/aromatic N) is 1. The Balaban J connectivity index is 1.60. The molecule has 2 heterocycles. The number of hydrogen-bond donors (Lipinski definition) is 0. The molecule has 2 aliphatic rings. The van der Waals surface area contributed by atoms with Gasteiger partial charge in [0, 0.05) is 19.2 Å². The van der Waals surface area contributed by atoms with Gasteiger partial charge in [0.2, 0.25) is 16.8 Å². The van der Waals surface area contributed by atoms with Crippen LogP contribution in [0, 0.1) is 0 Å². The van der Waals surface area contributed by atoms with E-state index in [9.17, 15) is 8.42 Å². The lowest BCUT2D eigenvalue weighted by atomic mass is 10.1. The molecule has 1 saturated heterocycles. The van der Waals surface area contributed by atoms with E-state index in [1.807, 2.05) is 30.3 Å². The average Bonchev–Trinajstić information content (AvgIpc) is 3.10. The Morgan fingerprint density at radius 1 is 1.00 bits per heavy atom. The van der Waals surface area contributed by atoms with E-state index in [0.717, 1.165) is 5.56 Å². The van der Waals surface area contributed by atoms with Crippen LogP contribution in [0.2, 0.25) is 0 Å². The molecule has 126 valence electrons. The van der Waals surface area contributed by atoms with Crippen LogP contribution < -0.4 is 9.47 Å². The van der Waals surface area contributed by atoms with Gasteiger partial charge in [0.15, 0.2) is 11.5 Å². The van der Waals surface area contributed by atoms with E-state index in [2.05, 4.69) is 0 Å². The van der Waals surface area contributed by atoms with Crippen LogP contribution in [0.5, 0.6) is 11.5 Å². The summed E-state index contributed by atoms with van der Waals surface area (Å²) >= 11 is 0. The van der Waals surface area contributed by atoms with Crippen LogP contribution in [-0.2, 0) is 14.8 Å². The summed E-state index contributed by atoms with van der Waals surface area (Å²) in [7, 11) is -3.61. The number of fused-ring (bicyclic) bond motifs is 1. The van der Waals surface area contributed by atoms with E-state index in [4.69, 9.17) is 14.2 Å². The number of rotatable bonds is 3. The highest BCUT2D eigenvalue weighted by Gasteiger charge is 2.32. The summed E-state index contributed by atoms with van der Waals surface area (Å²) in [5.41, 5.74) is 0.975. The Labute approximate surface area is 140 Å². The minimum absolute atomic E-state index is 0.118. The van der Waals surface area contributed by atoms with Crippen molar-refractivity contribution in [2.45, 2.75) is 11.0 Å². The molecule has 1 fully saturated rings. The van der Waals surface area contributed by atoms with Gasteiger partial charge in [-0.05, 0) is 17.7 Å². The van der Waals surface area contributed by atoms with Crippen molar-refractivity contribution >= 4 is 10.0 Å². The average molecular weight is 347 g/mol. The molecule has 1 atom stereocenters. The Morgan fingerprint density at radius 2 is 1.79 bits per heavy atom. The number of morpholine rings is 1. The molecule has 4 rings (SSSR count). The Hall–Kier alpha value is -2.09. The zero-order valence-corrected chi connectivity index (χ0v) is 13.7. The molecule has 0 amide bonds. The molecule has 0 saturated carbocycles. The van der Waals surface area contributed by atoms with Gasteiger partial charge in [-0.1, -0.05) is 30.3 Å². The second kappa shape index (κ2) is 6.08. The van der Waals surface area contributed by atoms with Gasteiger partial charge in [0.05, 0.1) is 17.6 Å². The summed E-state index contributed by atoms with van der Waals surface area (Å²) in [5.74, 6) is 1.03. The van der Waals surface area contributed by atoms with Crippen molar-refractivity contribution in [3.05, 3.63) is 54.1 Å². The monoisotopic (exact) mass is 347 g/mol. The summed E-state index contributed by atoms with van der Waals surface area (Å²) in [5, 5.41) is 0. The van der Waals surface area contributed by atoms with Crippen LogP contribution in [0.1, 0.15) is 11.7 Å². The molecule has 2 aromatic carbocycles. The quantitative estimate of drug-likeness (QED) is 0.851. The predicted molar refractivity (Wildman–Crippen MR) is 86.5 cm³/mol. The smallest absolute Gasteiger partial charge is 0.243 e. The highest BCUT2D eigenvalue weighted by molar-refractivity contribution is 7.89. The normalized spacial score (nSPS) is 20.9. The van der Waals surface area contributed by atoms with E-state index >= 15 is 0 Å². The fraction of sp³-hybridized carbons (Fsp3) is 0.294. The van der Waals surface area contributed by atoms with E-state index < -0.39 is 10.0 Å². The summed E-state index contributed by atoms with van der Waals surface area (Å²) in [4.78, 5) is 0.209. The van der Waals surface area contributed by atoms with Gasteiger partial charge in [0.1, 0.15) is 0 Å². The number of benzene rings is 2. The molecule has 0 bridgehead atoms. The van der Waals surface area contributed by atoms with E-state index in [-0.39, 0.29) is 17.8 Å². The first kappa shape index (κ1) is 15.4. The summed E-state index contributed by atoms with van der Waals surface area (Å²) in [6.45, 7) is 1.11. The van der Waals surface area contributed by atoms with Crippen molar-refractivity contribution in [2.75, 3.05) is 26.5 Å². The minimum Gasteiger partial charge on any atom is -0.454 e. The van der Waals surface area contributed by atoms with E-state index in [1.54, 1.807) is 12.1 Å². The van der Waals surface area contributed by atoms with Gasteiger partial charge >= 0.3 is 0 Å². The topological polar surface area (TPSA) is 65.1 Å². The zero-order valence-electron chi connectivity index (χ0n) is 12.9. The van der Waals surface area contributed by atoms with Crippen molar-refractivity contribution in [3.63, 3.8) is 0 Å². The summed E-state index contributed by atoms with van der Waals surface area (Å²) in [6.07, 6.45) is -0.260. The highest BCUT2D eigenvalue weighted by atomic mass is 32.2. The lowest BCUT2D eigenvalue weighted by Gasteiger charge is -2.32. The SMILES string of the molecule is O=S(=O)(c1ccc2c(c1)OCO2)N1CCO[C@H](c2ccccc2)C1. The second-order valence-corrected chi connectivity index (χ2v) is 7.59. The van der Waals surface area contributed by atoms with Crippen molar-refractivity contribution in [1.82, 2.24) is 4.31 Å². The standard InChI is InChI=1S/C17H17NO5S/c19-24(20,14-6-7-15-16(10-14)23-12-22-15)18-8-9-21-17(11-18)13-4-2-1-3-5-13/h1-7,10,17H,8-9,11-12H2/t17-/m0/s1. The first-order chi connectivity index (χ1) is 11.6. The molecule has 0 radical (unpaired) electrons. The van der Waals surface area contributed by atoms with Crippen LogP contribution >= 0.6 is 0 Å². The van der Waals surface area contributed by atoms with Gasteiger partial charge in [-0.15, -0.1) is 0 Å². The van der Waals surface area contributed by atoms with Crippen LogP contribution in [0.4, 0.5) is 0 Å². The molecule has 0 spiro atoms. The van der Waals surface area contributed by atoms with Crippen LogP contribution in [-0.4, -0.2) is 39.2 Å². The molecule has 24 heavy (non-hydrogen) atoms. The van der Waals surface area contributed by atoms with Crippen molar-refractivity contribution in [3.8, 4) is 11.5 Å². The van der Waals surface area contributed by atoms with Gasteiger partial charge in [-0.2, -0.15) is 4.31 Å². The molecule has 0 aliphatic carbocycles. The summed E-state index contributed by atoms with van der Waals surface area (Å²) < 4.78 is 43.6. The third-order valence-electron chi connectivity index (χ3n) is 4.18. The van der Waals surface area contributed by atoms with Crippen LogP contribution in [0.25, 0.3) is 0 Å². The first-order valence-electron chi connectivity index (χ1n) is 7.71.